The number of hydrogen-bond donors (Lipinski definition) is 2. The number of hydrogen-bond acceptors (Lipinski definition) is 5. The van der Waals surface area contributed by atoms with E-state index in [4.69, 9.17) is 5.73 Å². The van der Waals surface area contributed by atoms with Gasteiger partial charge in [-0.1, -0.05) is 30.0 Å². The lowest BCUT2D eigenvalue weighted by Gasteiger charge is -2.13. The molecule has 0 fully saturated rings. The molecule has 2 rings (SSSR count). The number of nitrogens with two attached hydrogens (primary N) is 1. The molecule has 6 nitrogen and oxygen atoms in total. The molecular formula is C15H18N4O2. The minimum Gasteiger partial charge on any atom is -0.398 e. The molecule has 0 radical (unpaired) electrons. The van der Waals surface area contributed by atoms with E-state index in [0.717, 1.165) is 24.0 Å². The summed E-state index contributed by atoms with van der Waals surface area (Å²) in [6.45, 7) is 7.35. The Balaban J connectivity index is 2.50. The third-order valence-electron chi connectivity index (χ3n) is 3.09. The number of aliphatic imine (C=N–C) groups is 1. The second kappa shape index (κ2) is 6.21. The van der Waals surface area contributed by atoms with Gasteiger partial charge < -0.3 is 5.73 Å². The molecule has 1 aromatic heterocycles. The third kappa shape index (κ3) is 3.47. The molecule has 6 heteroatoms. The lowest BCUT2D eigenvalue weighted by atomic mass is 9.97. The summed E-state index contributed by atoms with van der Waals surface area (Å²) in [5.74, 6) is -0.388. The summed E-state index contributed by atoms with van der Waals surface area (Å²) in [6.07, 6.45) is 7.87. The zero-order valence-electron chi connectivity index (χ0n) is 12.1. The first-order chi connectivity index (χ1) is 9.99. The van der Waals surface area contributed by atoms with Crippen molar-refractivity contribution in [3.8, 4) is 0 Å². The maximum atomic E-state index is 11.1. The fourth-order valence-electron chi connectivity index (χ4n) is 2.03. The standard InChI is InChI=1S/C15H18N4O2/c1-9(2)17-13(14-18-15(20)21-19-14)10(3)12(16)11-7-5-4-6-8-11/h4-5,7H,1,6,8,16H2,2-3H3,(H,18,19,20)/b12-10-,17-13+. The van der Waals surface area contributed by atoms with E-state index in [0.29, 0.717) is 17.1 Å². The monoisotopic (exact) mass is 286 g/mol. The number of nitrogens with one attached hydrogen (secondary N) is 1. The number of aromatic amines is 1. The van der Waals surface area contributed by atoms with Crippen LogP contribution in [0.2, 0.25) is 0 Å². The molecule has 110 valence electrons. The van der Waals surface area contributed by atoms with Crippen LogP contribution >= 0.6 is 0 Å². The van der Waals surface area contributed by atoms with Crippen molar-refractivity contribution in [2.24, 2.45) is 10.7 Å². The Hall–Kier alpha value is -2.63. The van der Waals surface area contributed by atoms with Crippen LogP contribution in [0.1, 0.15) is 32.5 Å². The number of aromatic nitrogens is 2. The van der Waals surface area contributed by atoms with Crippen LogP contribution in [-0.2, 0) is 0 Å². The first-order valence-corrected chi connectivity index (χ1v) is 6.62. The van der Waals surface area contributed by atoms with Crippen LogP contribution in [0.15, 0.2) is 61.7 Å². The van der Waals surface area contributed by atoms with Gasteiger partial charge in [-0.15, -0.1) is 0 Å². The average Bonchev–Trinajstić information content (AvgIpc) is 2.90. The van der Waals surface area contributed by atoms with Gasteiger partial charge in [0.1, 0.15) is 5.71 Å². The van der Waals surface area contributed by atoms with E-state index in [-0.39, 0.29) is 5.82 Å². The molecule has 0 unspecified atom stereocenters. The Kier molecular flexibility index (Phi) is 4.37. The van der Waals surface area contributed by atoms with Gasteiger partial charge in [-0.3, -0.25) is 9.51 Å². The van der Waals surface area contributed by atoms with Gasteiger partial charge in [-0.05, 0) is 32.3 Å². The highest BCUT2D eigenvalue weighted by atomic mass is 16.5. The SMILES string of the molecule is C=C(C)/N=C(\C(C)=C(/N)C1=CC=CCC1)c1noc(=O)[nH]1. The third-order valence-corrected chi connectivity index (χ3v) is 3.09. The molecule has 1 heterocycles. The molecule has 0 saturated carbocycles. The fourth-order valence-corrected chi connectivity index (χ4v) is 2.03. The summed E-state index contributed by atoms with van der Waals surface area (Å²) < 4.78 is 4.54. The van der Waals surface area contributed by atoms with Crippen molar-refractivity contribution in [2.75, 3.05) is 0 Å². The zero-order chi connectivity index (χ0) is 15.4. The molecule has 0 aromatic carbocycles. The van der Waals surface area contributed by atoms with Gasteiger partial charge in [0.2, 0.25) is 5.82 Å². The van der Waals surface area contributed by atoms with Crippen LogP contribution in [0.25, 0.3) is 0 Å². The fraction of sp³-hybridized carbons (Fsp3) is 0.267. The number of H-pyrrole nitrogens is 1. The van der Waals surface area contributed by atoms with E-state index in [2.05, 4.69) is 32.3 Å². The predicted octanol–water partition coefficient (Wildman–Crippen LogP) is 2.19. The van der Waals surface area contributed by atoms with Crippen molar-refractivity contribution in [1.82, 2.24) is 10.1 Å². The van der Waals surface area contributed by atoms with Crippen molar-refractivity contribution in [2.45, 2.75) is 26.7 Å². The van der Waals surface area contributed by atoms with E-state index in [1.54, 1.807) is 6.92 Å². The Bertz CT molecular complexity index is 729. The highest BCUT2D eigenvalue weighted by Gasteiger charge is 2.16. The van der Waals surface area contributed by atoms with Gasteiger partial charge in [0.25, 0.3) is 0 Å². The van der Waals surface area contributed by atoms with Crippen molar-refractivity contribution < 1.29 is 4.52 Å². The summed E-state index contributed by atoms with van der Waals surface area (Å²) in [5.41, 5.74) is 9.66. The van der Waals surface area contributed by atoms with Gasteiger partial charge in [-0.25, -0.2) is 9.79 Å². The first-order valence-electron chi connectivity index (χ1n) is 6.62. The van der Waals surface area contributed by atoms with Gasteiger partial charge in [0.05, 0.1) is 0 Å². The Morgan fingerprint density at radius 3 is 2.81 bits per heavy atom. The minimum atomic E-state index is -0.634. The molecular weight excluding hydrogens is 268 g/mol. The quantitative estimate of drug-likeness (QED) is 0.829. The molecule has 1 aromatic rings. The maximum absolute atomic E-state index is 11.1. The summed E-state index contributed by atoms with van der Waals surface area (Å²) >= 11 is 0. The number of nitrogens with zero attached hydrogens (tertiary/aromatic N) is 2. The molecule has 1 aliphatic carbocycles. The van der Waals surface area contributed by atoms with Gasteiger partial charge in [0, 0.05) is 17.0 Å². The molecule has 1 aliphatic rings. The molecule has 0 amide bonds. The normalized spacial score (nSPS) is 16.5. The average molecular weight is 286 g/mol. The highest BCUT2D eigenvalue weighted by molar-refractivity contribution is 6.11. The van der Waals surface area contributed by atoms with Crippen LogP contribution in [0.5, 0.6) is 0 Å². The molecule has 0 atom stereocenters. The molecule has 21 heavy (non-hydrogen) atoms. The zero-order valence-corrected chi connectivity index (χ0v) is 12.1. The van der Waals surface area contributed by atoms with E-state index in [1.165, 1.54) is 0 Å². The number of rotatable bonds is 4. The van der Waals surface area contributed by atoms with E-state index in [1.807, 2.05) is 19.1 Å². The summed E-state index contributed by atoms with van der Waals surface area (Å²) in [4.78, 5) is 18.0. The van der Waals surface area contributed by atoms with E-state index < -0.39 is 5.76 Å². The largest absolute Gasteiger partial charge is 0.439 e. The summed E-state index contributed by atoms with van der Waals surface area (Å²) in [6, 6.07) is 0. The molecule has 0 aliphatic heterocycles. The second-order valence-corrected chi connectivity index (χ2v) is 4.84. The predicted molar refractivity (Wildman–Crippen MR) is 81.8 cm³/mol. The lowest BCUT2D eigenvalue weighted by Crippen LogP contribution is -2.15. The lowest BCUT2D eigenvalue weighted by molar-refractivity contribution is 0.385. The van der Waals surface area contributed by atoms with Crippen molar-refractivity contribution >= 4 is 5.71 Å². The Morgan fingerprint density at radius 1 is 1.52 bits per heavy atom. The van der Waals surface area contributed by atoms with Crippen LogP contribution in [0, 0.1) is 0 Å². The smallest absolute Gasteiger partial charge is 0.398 e. The van der Waals surface area contributed by atoms with Gasteiger partial charge in [-0.2, -0.15) is 0 Å². The summed E-state index contributed by atoms with van der Waals surface area (Å²) in [7, 11) is 0. The molecule has 0 bridgehead atoms. The molecule has 0 spiro atoms. The van der Waals surface area contributed by atoms with Gasteiger partial charge in [0.15, 0.2) is 0 Å². The first kappa shape index (κ1) is 14.8. The van der Waals surface area contributed by atoms with Crippen LogP contribution < -0.4 is 11.5 Å². The van der Waals surface area contributed by atoms with E-state index in [9.17, 15) is 4.79 Å². The van der Waals surface area contributed by atoms with Crippen molar-refractivity contribution in [3.63, 3.8) is 0 Å². The van der Waals surface area contributed by atoms with Crippen LogP contribution in [0.3, 0.4) is 0 Å². The molecule has 3 N–H and O–H groups in total. The Morgan fingerprint density at radius 2 is 2.29 bits per heavy atom. The molecule has 0 saturated heterocycles. The van der Waals surface area contributed by atoms with Gasteiger partial charge >= 0.3 is 5.76 Å². The van der Waals surface area contributed by atoms with Crippen LogP contribution in [-0.4, -0.2) is 15.9 Å². The second-order valence-electron chi connectivity index (χ2n) is 4.84. The summed E-state index contributed by atoms with van der Waals surface area (Å²) in [5, 5.41) is 3.68. The number of allylic oxidation sites excluding steroid dienone is 6. The van der Waals surface area contributed by atoms with Crippen molar-refractivity contribution in [1.29, 1.82) is 0 Å². The minimum absolute atomic E-state index is 0.246. The van der Waals surface area contributed by atoms with Crippen molar-refractivity contribution in [3.05, 3.63) is 63.7 Å². The highest BCUT2D eigenvalue weighted by Crippen LogP contribution is 2.21. The maximum Gasteiger partial charge on any atom is 0.439 e. The van der Waals surface area contributed by atoms with Crippen LogP contribution in [0.4, 0.5) is 0 Å². The van der Waals surface area contributed by atoms with E-state index >= 15 is 0 Å². The Labute approximate surface area is 122 Å². The topological polar surface area (TPSA) is 97.3 Å².